The van der Waals surface area contributed by atoms with Crippen molar-refractivity contribution in [1.29, 1.82) is 0 Å². The Labute approximate surface area is 302 Å². The van der Waals surface area contributed by atoms with Crippen molar-refractivity contribution in [3.63, 3.8) is 0 Å². The van der Waals surface area contributed by atoms with E-state index >= 15 is 0 Å². The molecule has 0 spiro atoms. The molecule has 0 amide bonds. The molecule has 0 radical (unpaired) electrons. The van der Waals surface area contributed by atoms with Gasteiger partial charge in [-0.3, -0.25) is 0 Å². The molecule has 3 nitrogen and oxygen atoms in total. The van der Waals surface area contributed by atoms with Gasteiger partial charge in [-0.05, 0) is 52.1 Å². The van der Waals surface area contributed by atoms with E-state index in [1.165, 1.54) is 11.3 Å². The maximum absolute atomic E-state index is 8.94. The van der Waals surface area contributed by atoms with Crippen molar-refractivity contribution >= 4 is 31.5 Å². The lowest BCUT2D eigenvalue weighted by Gasteiger charge is -2.11. The molecule has 0 unspecified atom stereocenters. The molecular formula is C45H29N3S. The molecule has 2 aromatic heterocycles. The van der Waals surface area contributed by atoms with E-state index < -0.39 is 60.4 Å². The summed E-state index contributed by atoms with van der Waals surface area (Å²) in [6, 6.07) is 31.5. The summed E-state index contributed by atoms with van der Waals surface area (Å²) < 4.78 is 87.3. The molecule has 0 saturated carbocycles. The Morgan fingerprint density at radius 2 is 1.00 bits per heavy atom. The molecule has 9 rings (SSSR count). The molecule has 230 valence electrons. The van der Waals surface area contributed by atoms with Gasteiger partial charge in [0.05, 0.1) is 13.7 Å². The summed E-state index contributed by atoms with van der Waals surface area (Å²) in [4.78, 5) is 15.1. The van der Waals surface area contributed by atoms with Crippen molar-refractivity contribution < 1.29 is 13.7 Å². The maximum Gasteiger partial charge on any atom is 0.164 e. The molecule has 0 atom stereocenters. The third-order valence-corrected chi connectivity index (χ3v) is 9.49. The van der Waals surface area contributed by atoms with Gasteiger partial charge in [0.2, 0.25) is 0 Å². The Morgan fingerprint density at radius 3 is 1.73 bits per heavy atom. The first-order chi connectivity index (χ1) is 28.4. The molecule has 2 heterocycles. The van der Waals surface area contributed by atoms with Gasteiger partial charge in [-0.1, -0.05) is 151 Å². The molecule has 0 bridgehead atoms. The number of nitrogens with zero attached hydrogens (tertiary/aromatic N) is 3. The largest absolute Gasteiger partial charge is 0.208 e. The van der Waals surface area contributed by atoms with Crippen molar-refractivity contribution in [2.75, 3.05) is 0 Å². The third-order valence-electron chi connectivity index (χ3n) is 8.29. The van der Waals surface area contributed by atoms with Crippen LogP contribution in [0.5, 0.6) is 0 Å². The van der Waals surface area contributed by atoms with Crippen LogP contribution >= 0.6 is 11.3 Å². The molecule has 7 aromatic carbocycles. The van der Waals surface area contributed by atoms with Crippen LogP contribution in [0.2, 0.25) is 0 Å². The van der Waals surface area contributed by atoms with Crippen molar-refractivity contribution in [3.05, 3.63) is 176 Å². The van der Waals surface area contributed by atoms with E-state index in [0.29, 0.717) is 38.5 Å². The van der Waals surface area contributed by atoms with E-state index in [2.05, 4.69) is 0 Å². The average Bonchev–Trinajstić information content (AvgIpc) is 3.66. The van der Waals surface area contributed by atoms with Crippen LogP contribution in [0, 0.1) is 0 Å². The summed E-state index contributed by atoms with van der Waals surface area (Å²) in [5.74, 6) is 1.22. The summed E-state index contributed by atoms with van der Waals surface area (Å²) in [5.41, 5.74) is 4.47. The fourth-order valence-electron chi connectivity index (χ4n) is 6.03. The lowest BCUT2D eigenvalue weighted by atomic mass is 9.95. The van der Waals surface area contributed by atoms with Crippen molar-refractivity contribution in [2.45, 2.75) is 0 Å². The lowest BCUT2D eigenvalue weighted by molar-refractivity contribution is 1.08. The predicted molar refractivity (Wildman–Crippen MR) is 205 cm³/mol. The normalized spacial score (nSPS) is 14.1. The number of fused-ring (bicyclic) bond motifs is 3. The van der Waals surface area contributed by atoms with Crippen LogP contribution in [0.3, 0.4) is 0 Å². The Kier molecular flexibility index (Phi) is 5.12. The molecular weight excluding hydrogens is 615 g/mol. The maximum atomic E-state index is 8.94. The molecule has 0 aliphatic rings. The van der Waals surface area contributed by atoms with E-state index in [1.54, 1.807) is 12.1 Å². The van der Waals surface area contributed by atoms with Gasteiger partial charge >= 0.3 is 0 Å². The highest BCUT2D eigenvalue weighted by molar-refractivity contribution is 7.26. The van der Waals surface area contributed by atoms with Gasteiger partial charge in [0, 0.05) is 42.4 Å². The van der Waals surface area contributed by atoms with E-state index in [1.807, 2.05) is 103 Å². The predicted octanol–water partition coefficient (Wildman–Crippen LogP) is 12.2. The average molecular weight is 654 g/mol. The van der Waals surface area contributed by atoms with Crippen LogP contribution in [0.15, 0.2) is 176 Å². The molecule has 0 N–H and O–H groups in total. The summed E-state index contributed by atoms with van der Waals surface area (Å²) >= 11 is 1.34. The van der Waals surface area contributed by atoms with Gasteiger partial charge in [-0.25, -0.2) is 15.0 Å². The van der Waals surface area contributed by atoms with Crippen LogP contribution in [0.4, 0.5) is 0 Å². The Hall–Kier alpha value is -6.23. The summed E-state index contributed by atoms with van der Waals surface area (Å²) in [5, 5.41) is 1.23. The molecule has 0 aliphatic heterocycles. The first-order valence-electron chi connectivity index (χ1n) is 20.5. The SMILES string of the molecule is [2H]c1c([2H])c([2H])c(-c2cc(-c3c([2H])c([2H])c([2H])c([2H])c3[2H])c3sc4cccc(-c5nc(-c6ccccc6)nc(-c6cccc(-c7ccccc7)c6)n5)c4c3c2)c([2H])c1[2H]. The van der Waals surface area contributed by atoms with Crippen molar-refractivity contribution in [1.82, 2.24) is 15.0 Å². The van der Waals surface area contributed by atoms with E-state index in [9.17, 15) is 0 Å². The van der Waals surface area contributed by atoms with Crippen molar-refractivity contribution in [2.24, 2.45) is 0 Å². The van der Waals surface area contributed by atoms with Crippen LogP contribution in [0.25, 0.3) is 87.7 Å². The van der Waals surface area contributed by atoms with Gasteiger partial charge < -0.3 is 0 Å². The highest BCUT2D eigenvalue weighted by atomic mass is 32.1. The lowest BCUT2D eigenvalue weighted by Crippen LogP contribution is -2.00. The van der Waals surface area contributed by atoms with Crippen LogP contribution in [-0.4, -0.2) is 15.0 Å². The molecule has 49 heavy (non-hydrogen) atoms. The zero-order valence-corrected chi connectivity index (χ0v) is 26.5. The van der Waals surface area contributed by atoms with Crippen LogP contribution in [0.1, 0.15) is 13.7 Å². The number of benzene rings is 7. The van der Waals surface area contributed by atoms with Crippen LogP contribution < -0.4 is 0 Å². The summed E-state index contributed by atoms with van der Waals surface area (Å²) in [6.07, 6.45) is 0. The molecule has 4 heteroatoms. The van der Waals surface area contributed by atoms with Gasteiger partial charge in [0.25, 0.3) is 0 Å². The number of hydrogen-bond acceptors (Lipinski definition) is 4. The smallest absolute Gasteiger partial charge is 0.164 e. The van der Waals surface area contributed by atoms with Gasteiger partial charge in [0.15, 0.2) is 17.5 Å². The summed E-state index contributed by atoms with van der Waals surface area (Å²) in [7, 11) is 0. The van der Waals surface area contributed by atoms with E-state index in [0.717, 1.165) is 27.0 Å². The number of thiophene rings is 1. The zero-order chi connectivity index (χ0) is 41.3. The fraction of sp³-hybridized carbons (Fsp3) is 0. The minimum absolute atomic E-state index is 0.0737. The fourth-order valence-corrected chi connectivity index (χ4v) is 7.26. The van der Waals surface area contributed by atoms with E-state index in [-0.39, 0.29) is 22.3 Å². The van der Waals surface area contributed by atoms with Gasteiger partial charge in [-0.15, -0.1) is 11.3 Å². The van der Waals surface area contributed by atoms with Crippen LogP contribution in [-0.2, 0) is 0 Å². The second kappa shape index (κ2) is 12.4. The Balaban J connectivity index is 1.37. The summed E-state index contributed by atoms with van der Waals surface area (Å²) in [6.45, 7) is 0. The Bertz CT molecular complexity index is 3120. The first kappa shape index (κ1) is 20.2. The second-order valence-corrected chi connectivity index (χ2v) is 12.4. The van der Waals surface area contributed by atoms with E-state index in [4.69, 9.17) is 28.7 Å². The minimum Gasteiger partial charge on any atom is -0.208 e. The third kappa shape index (κ3) is 5.48. The van der Waals surface area contributed by atoms with Gasteiger partial charge in [-0.2, -0.15) is 0 Å². The minimum atomic E-state index is -0.548. The molecule has 0 saturated heterocycles. The number of aromatic nitrogens is 3. The second-order valence-electron chi connectivity index (χ2n) is 11.3. The highest BCUT2D eigenvalue weighted by Gasteiger charge is 2.20. The molecule has 0 fully saturated rings. The first-order valence-corrected chi connectivity index (χ1v) is 16.4. The monoisotopic (exact) mass is 653 g/mol. The highest BCUT2D eigenvalue weighted by Crippen LogP contribution is 2.45. The quantitative estimate of drug-likeness (QED) is 0.179. The standard InChI is InChI=1S/C45H29N3S/c1-5-15-30(16-6-1)34-23-13-24-35(27-34)44-46-43(33-21-11-4-12-22-33)47-45(48-44)37-25-14-26-40-41(37)39-29-36(31-17-7-2-8-18-31)28-38(42(39)49-40)32-19-9-3-10-20-32/h1-29H/i2D,3D,7D,8D,9D,10D,17D,18D,19D,20D. The molecule has 9 aromatic rings. The molecule has 0 aliphatic carbocycles. The van der Waals surface area contributed by atoms with Gasteiger partial charge in [0.1, 0.15) is 0 Å². The number of hydrogen-bond donors (Lipinski definition) is 0. The zero-order valence-electron chi connectivity index (χ0n) is 35.7. The van der Waals surface area contributed by atoms with Crippen molar-refractivity contribution in [3.8, 4) is 67.5 Å². The Morgan fingerprint density at radius 1 is 0.408 bits per heavy atom. The number of rotatable bonds is 6. The topological polar surface area (TPSA) is 38.7 Å².